The van der Waals surface area contributed by atoms with Crippen molar-refractivity contribution in [2.45, 2.75) is 39.7 Å². The number of hydrogen-bond acceptors (Lipinski definition) is 7. The Morgan fingerprint density at radius 1 is 1.20 bits per heavy atom. The topological polar surface area (TPSA) is 121 Å². The molecule has 1 fully saturated rings. The monoisotopic (exact) mass is 669 g/mol. The van der Waals surface area contributed by atoms with E-state index in [1.807, 2.05) is 26.8 Å². The van der Waals surface area contributed by atoms with Crippen LogP contribution in [-0.2, 0) is 4.79 Å². The first-order chi connectivity index (χ1) is 21.7. The van der Waals surface area contributed by atoms with Crippen LogP contribution >= 0.6 is 23.2 Å². The first-order valence-electron chi connectivity index (χ1n) is 14.2. The van der Waals surface area contributed by atoms with Gasteiger partial charge in [-0.1, -0.05) is 43.6 Å². The minimum atomic E-state index is -1.49. The fourth-order valence-corrected chi connectivity index (χ4v) is 6.27. The minimum Gasteiger partial charge on any atom is -0.394 e. The first-order valence-corrected chi connectivity index (χ1v) is 15.0. The second-order valence-electron chi connectivity index (χ2n) is 11.3. The molecule has 0 radical (unpaired) electrons. The van der Waals surface area contributed by atoms with Crippen molar-refractivity contribution in [1.82, 2.24) is 19.4 Å². The smallest absolute Gasteiger partial charge is 0.276 e. The Morgan fingerprint density at radius 3 is 2.50 bits per heavy atom. The summed E-state index contributed by atoms with van der Waals surface area (Å²) in [5.41, 5.74) is 3.65. The van der Waals surface area contributed by atoms with Crippen LogP contribution in [0, 0.1) is 35.7 Å². The maximum absolute atomic E-state index is 15.4. The van der Waals surface area contributed by atoms with Crippen molar-refractivity contribution in [3.8, 4) is 23.0 Å². The first kappa shape index (κ1) is 32.8. The number of halogens is 5. The summed E-state index contributed by atoms with van der Waals surface area (Å²) in [6.07, 6.45) is 2.79. The molecule has 2 N–H and O–H groups in total. The molecular formula is C32H28Cl2F3N7O2. The van der Waals surface area contributed by atoms with Crippen LogP contribution in [0.2, 0.25) is 10.0 Å². The van der Waals surface area contributed by atoms with Gasteiger partial charge in [0.15, 0.2) is 17.5 Å². The van der Waals surface area contributed by atoms with Gasteiger partial charge in [0.2, 0.25) is 5.91 Å². The van der Waals surface area contributed by atoms with Gasteiger partial charge in [0.1, 0.15) is 28.0 Å². The molecular weight excluding hydrogens is 642 g/mol. The van der Waals surface area contributed by atoms with Crippen LogP contribution in [0.15, 0.2) is 35.8 Å². The Morgan fingerprint density at radius 2 is 1.89 bits per heavy atom. The van der Waals surface area contributed by atoms with Crippen molar-refractivity contribution in [1.29, 1.82) is 5.26 Å². The number of amides is 1. The molecule has 1 aliphatic heterocycles. The van der Waals surface area contributed by atoms with E-state index in [0.717, 1.165) is 0 Å². The lowest BCUT2D eigenvalue weighted by Crippen LogP contribution is -2.54. The van der Waals surface area contributed by atoms with Gasteiger partial charge in [0.05, 0.1) is 33.3 Å². The summed E-state index contributed by atoms with van der Waals surface area (Å²) in [4.78, 5) is 39.2. The maximum Gasteiger partial charge on any atom is 0.276 e. The highest BCUT2D eigenvalue weighted by Crippen LogP contribution is 2.42. The molecule has 4 heterocycles. The summed E-state index contributed by atoms with van der Waals surface area (Å²) in [5, 5.41) is 9.28. The summed E-state index contributed by atoms with van der Waals surface area (Å²) in [6, 6.07) is 4.71. The van der Waals surface area contributed by atoms with E-state index in [1.54, 1.807) is 29.0 Å². The third kappa shape index (κ3) is 5.13. The summed E-state index contributed by atoms with van der Waals surface area (Å²) in [6.45, 7) is 11.6. The van der Waals surface area contributed by atoms with Crippen molar-refractivity contribution in [2.75, 3.05) is 30.3 Å². The van der Waals surface area contributed by atoms with E-state index in [9.17, 15) is 19.2 Å². The molecule has 46 heavy (non-hydrogen) atoms. The number of rotatable bonds is 5. The Labute approximate surface area is 272 Å². The average Bonchev–Trinajstić information content (AvgIpc) is 3.02. The molecule has 1 aromatic carbocycles. The van der Waals surface area contributed by atoms with Crippen LogP contribution < -0.4 is 16.2 Å². The molecule has 238 valence electrons. The zero-order chi connectivity index (χ0) is 33.8. The Bertz CT molecular complexity index is 2030. The van der Waals surface area contributed by atoms with Gasteiger partial charge in [-0.2, -0.15) is 5.26 Å². The Kier molecular flexibility index (Phi) is 8.77. The molecule has 3 aromatic heterocycles. The number of aryl methyl sites for hydroxylation is 1. The number of hydrogen-bond donors (Lipinski definition) is 1. The number of carbonyl (C=O) groups excluding carboxylic acids is 1. The normalized spacial score (nSPS) is 15.0. The van der Waals surface area contributed by atoms with Crippen LogP contribution in [0.25, 0.3) is 28.0 Å². The van der Waals surface area contributed by atoms with Crippen molar-refractivity contribution >= 4 is 51.5 Å². The highest BCUT2D eigenvalue weighted by Gasteiger charge is 2.33. The van der Waals surface area contributed by atoms with Gasteiger partial charge in [-0.25, -0.2) is 18.2 Å². The second-order valence-corrected chi connectivity index (χ2v) is 12.0. The summed E-state index contributed by atoms with van der Waals surface area (Å²) < 4.78 is 46.4. The highest BCUT2D eigenvalue weighted by atomic mass is 35.5. The number of nitriles is 1. The number of piperazine rings is 1. The van der Waals surface area contributed by atoms with E-state index in [-0.39, 0.29) is 64.8 Å². The molecule has 1 aliphatic rings. The van der Waals surface area contributed by atoms with Crippen LogP contribution in [0.1, 0.15) is 43.5 Å². The van der Waals surface area contributed by atoms with Crippen LogP contribution in [0.5, 0.6) is 0 Å². The zero-order valence-corrected chi connectivity index (χ0v) is 26.8. The summed E-state index contributed by atoms with van der Waals surface area (Å²) in [5.74, 6) is -4.91. The molecule has 0 bridgehead atoms. The predicted molar refractivity (Wildman–Crippen MR) is 172 cm³/mol. The number of nitrogen functional groups attached to an aromatic ring is 1. The number of anilines is 2. The van der Waals surface area contributed by atoms with Crippen molar-refractivity contribution in [3.63, 3.8) is 0 Å². The number of fused-ring (bicyclic) bond motifs is 1. The van der Waals surface area contributed by atoms with Crippen molar-refractivity contribution < 1.29 is 18.0 Å². The molecule has 1 saturated heterocycles. The van der Waals surface area contributed by atoms with Crippen LogP contribution in [-0.4, -0.2) is 51.0 Å². The molecule has 1 amide bonds. The van der Waals surface area contributed by atoms with E-state index in [2.05, 4.69) is 16.5 Å². The van der Waals surface area contributed by atoms with Crippen LogP contribution in [0.4, 0.5) is 24.5 Å². The van der Waals surface area contributed by atoms with Gasteiger partial charge in [0.25, 0.3) is 5.56 Å². The fourth-order valence-electron chi connectivity index (χ4n) is 5.83. The average molecular weight is 671 g/mol. The molecule has 5 rings (SSSR count). The third-order valence-corrected chi connectivity index (χ3v) is 8.67. The molecule has 0 spiro atoms. The summed E-state index contributed by atoms with van der Waals surface area (Å²) in [7, 11) is 0. The maximum atomic E-state index is 15.4. The van der Waals surface area contributed by atoms with E-state index in [0.29, 0.717) is 16.9 Å². The molecule has 1 atom stereocenters. The number of nitrogens with two attached hydrogens (primary N) is 1. The molecule has 0 aliphatic carbocycles. The lowest BCUT2D eigenvalue weighted by Gasteiger charge is -2.41. The lowest BCUT2D eigenvalue weighted by atomic mass is 10.0. The molecule has 0 unspecified atom stereocenters. The highest BCUT2D eigenvalue weighted by molar-refractivity contribution is 6.34. The molecule has 14 heteroatoms. The van der Waals surface area contributed by atoms with Gasteiger partial charge in [-0.05, 0) is 43.5 Å². The minimum absolute atomic E-state index is 0.105. The zero-order valence-electron chi connectivity index (χ0n) is 25.3. The third-order valence-electron chi connectivity index (χ3n) is 8.05. The van der Waals surface area contributed by atoms with Gasteiger partial charge < -0.3 is 15.5 Å². The number of pyridine rings is 3. The molecule has 4 aromatic rings. The van der Waals surface area contributed by atoms with Gasteiger partial charge >= 0.3 is 0 Å². The van der Waals surface area contributed by atoms with Gasteiger partial charge in [-0.3, -0.25) is 19.1 Å². The number of benzene rings is 1. The van der Waals surface area contributed by atoms with Crippen molar-refractivity contribution in [3.05, 3.63) is 85.7 Å². The molecule has 9 nitrogen and oxygen atoms in total. The van der Waals surface area contributed by atoms with Crippen molar-refractivity contribution in [2.24, 2.45) is 0 Å². The fraction of sp³-hybridized carbons (Fsp3) is 0.281. The lowest BCUT2D eigenvalue weighted by molar-refractivity contribution is -0.128. The van der Waals surface area contributed by atoms with E-state index >= 15 is 8.78 Å². The summed E-state index contributed by atoms with van der Waals surface area (Å²) >= 11 is 12.5. The Hall–Kier alpha value is -4.60. The molecule has 0 saturated carbocycles. The largest absolute Gasteiger partial charge is 0.394 e. The standard InChI is InChI=1S/C32H28Cl2F3N7O2/c1-6-20(45)43-10-9-42(13-16(43)5)30-17-11-19(33)28(21-23(35)22(34)25(37)26(39)24(21)36)41-31(17)44(32(46)18(30)12-38)29-15(4)7-8-40-27(29)14(2)3/h6-8,11,14,16H,1,9-10,13,39H2,2-5H3/t16-/m1/s1. The van der Waals surface area contributed by atoms with E-state index in [1.165, 1.54) is 16.7 Å². The quantitative estimate of drug-likeness (QED) is 0.115. The number of nitrogens with zero attached hydrogens (tertiary/aromatic N) is 6. The van der Waals surface area contributed by atoms with Gasteiger partial charge in [-0.15, -0.1) is 0 Å². The predicted octanol–water partition coefficient (Wildman–Crippen LogP) is 6.28. The SMILES string of the molecule is C=CC(=O)N1CCN(c2c(C#N)c(=O)n(-c3c(C)ccnc3C(C)C)c3nc(-c4c(F)c(N)c(F)c(Cl)c4F)c(Cl)cc23)C[C@H]1C. The number of carbonyl (C=O) groups is 1. The second kappa shape index (κ2) is 12.3. The number of aromatic nitrogens is 3. The van der Waals surface area contributed by atoms with Crippen LogP contribution in [0.3, 0.4) is 0 Å². The van der Waals surface area contributed by atoms with Gasteiger partial charge in [0, 0.05) is 37.3 Å². The Balaban J connectivity index is 1.94. The van der Waals surface area contributed by atoms with E-state index in [4.69, 9.17) is 28.9 Å². The van der Waals surface area contributed by atoms with E-state index < -0.39 is 45.0 Å².